The minimum Gasteiger partial charge on any atom is -0.396 e. The molecule has 0 aliphatic rings. The van der Waals surface area contributed by atoms with Crippen LogP contribution in [0.25, 0.3) is 0 Å². The molecule has 18 heavy (non-hydrogen) atoms. The van der Waals surface area contributed by atoms with E-state index in [0.29, 0.717) is 11.7 Å². The predicted octanol–water partition coefficient (Wildman–Crippen LogP) is 1.22. The molecule has 1 amide bonds. The van der Waals surface area contributed by atoms with Gasteiger partial charge in [0.1, 0.15) is 0 Å². The third kappa shape index (κ3) is 5.53. The van der Waals surface area contributed by atoms with E-state index >= 15 is 0 Å². The summed E-state index contributed by atoms with van der Waals surface area (Å²) >= 11 is 1.82. The third-order valence-corrected chi connectivity index (χ3v) is 3.92. The molecule has 5 heteroatoms. The van der Waals surface area contributed by atoms with Crippen LogP contribution < -0.4 is 11.3 Å². The number of benzene rings is 1. The fraction of sp³-hybridized carbons (Fsp3) is 0.462. The second-order valence-corrected chi connectivity index (χ2v) is 5.62. The van der Waals surface area contributed by atoms with Gasteiger partial charge in [0.15, 0.2) is 0 Å². The molecule has 100 valence electrons. The number of amides is 1. The normalized spacial score (nSPS) is 12.2. The van der Waals surface area contributed by atoms with Crippen LogP contribution in [0, 0.1) is 0 Å². The Hall–Kier alpha value is -1.04. The minimum absolute atomic E-state index is 0.186. The minimum atomic E-state index is -0.186. The highest BCUT2D eigenvalue weighted by molar-refractivity contribution is 7.99. The summed E-state index contributed by atoms with van der Waals surface area (Å²) in [4.78, 5) is 11.1. The molecule has 0 radical (unpaired) electrons. The molecular weight excluding hydrogens is 248 g/mol. The zero-order valence-corrected chi connectivity index (χ0v) is 11.4. The highest BCUT2D eigenvalue weighted by Crippen LogP contribution is 2.20. The van der Waals surface area contributed by atoms with Crippen LogP contribution in [0.4, 0.5) is 0 Å². The van der Waals surface area contributed by atoms with E-state index < -0.39 is 0 Å². The van der Waals surface area contributed by atoms with E-state index in [1.165, 1.54) is 5.56 Å². The van der Waals surface area contributed by atoms with Crippen molar-refractivity contribution in [2.24, 2.45) is 5.84 Å². The summed E-state index contributed by atoms with van der Waals surface area (Å²) < 4.78 is 0. The first-order chi connectivity index (χ1) is 8.65. The van der Waals surface area contributed by atoms with Crippen molar-refractivity contribution in [2.75, 3.05) is 6.61 Å². The van der Waals surface area contributed by atoms with Gasteiger partial charge in [-0.25, -0.2) is 5.84 Å². The number of hydrazine groups is 1. The van der Waals surface area contributed by atoms with E-state index in [9.17, 15) is 4.79 Å². The molecule has 1 aromatic carbocycles. The van der Waals surface area contributed by atoms with Crippen LogP contribution in [0.5, 0.6) is 0 Å². The molecule has 0 bridgehead atoms. The second-order valence-electron chi connectivity index (χ2n) is 4.19. The van der Waals surface area contributed by atoms with Gasteiger partial charge in [0, 0.05) is 17.6 Å². The lowest BCUT2D eigenvalue weighted by molar-refractivity contribution is -0.120. The number of aliphatic hydroxyl groups excluding tert-OH is 1. The summed E-state index contributed by atoms with van der Waals surface area (Å²) in [6, 6.07) is 7.94. The quantitative estimate of drug-likeness (QED) is 0.395. The van der Waals surface area contributed by atoms with Crippen molar-refractivity contribution < 1.29 is 9.90 Å². The van der Waals surface area contributed by atoms with E-state index in [-0.39, 0.29) is 12.5 Å². The van der Waals surface area contributed by atoms with Crippen molar-refractivity contribution in [3.63, 3.8) is 0 Å². The van der Waals surface area contributed by atoms with Crippen LogP contribution in [0.3, 0.4) is 0 Å². The van der Waals surface area contributed by atoms with E-state index in [1.807, 2.05) is 36.0 Å². The van der Waals surface area contributed by atoms with Gasteiger partial charge in [-0.2, -0.15) is 11.8 Å². The first kappa shape index (κ1) is 15.0. The molecule has 0 heterocycles. The van der Waals surface area contributed by atoms with E-state index in [4.69, 9.17) is 10.9 Å². The Morgan fingerprint density at radius 3 is 2.56 bits per heavy atom. The summed E-state index contributed by atoms with van der Waals surface area (Å²) in [6.45, 7) is 2.35. The zero-order chi connectivity index (χ0) is 13.4. The van der Waals surface area contributed by atoms with Crippen LogP contribution in [-0.4, -0.2) is 22.9 Å². The molecule has 0 aromatic heterocycles. The van der Waals surface area contributed by atoms with Crippen molar-refractivity contribution in [1.82, 2.24) is 5.43 Å². The van der Waals surface area contributed by atoms with Gasteiger partial charge in [0.05, 0.1) is 6.42 Å². The van der Waals surface area contributed by atoms with Crippen molar-refractivity contribution in [1.29, 1.82) is 0 Å². The van der Waals surface area contributed by atoms with Crippen LogP contribution in [0.2, 0.25) is 0 Å². The molecule has 0 fully saturated rings. The number of thioether (sulfide) groups is 1. The average molecular weight is 268 g/mol. The lowest BCUT2D eigenvalue weighted by Gasteiger charge is -2.09. The van der Waals surface area contributed by atoms with E-state index in [2.05, 4.69) is 12.3 Å². The van der Waals surface area contributed by atoms with Gasteiger partial charge in [-0.1, -0.05) is 31.2 Å². The van der Waals surface area contributed by atoms with Crippen LogP contribution >= 0.6 is 11.8 Å². The molecular formula is C13H20N2O2S. The lowest BCUT2D eigenvalue weighted by Crippen LogP contribution is -2.31. The Kier molecular flexibility index (Phi) is 6.78. The van der Waals surface area contributed by atoms with Crippen molar-refractivity contribution in [2.45, 2.75) is 30.8 Å². The first-order valence-corrected chi connectivity index (χ1v) is 7.00. The fourth-order valence-electron chi connectivity index (χ4n) is 1.49. The van der Waals surface area contributed by atoms with Crippen LogP contribution in [0.15, 0.2) is 24.3 Å². The van der Waals surface area contributed by atoms with Crippen LogP contribution in [0.1, 0.15) is 24.5 Å². The molecule has 1 aromatic rings. The first-order valence-electron chi connectivity index (χ1n) is 5.95. The molecule has 0 saturated heterocycles. The maximum Gasteiger partial charge on any atom is 0.238 e. The Morgan fingerprint density at radius 1 is 1.39 bits per heavy atom. The number of carbonyl (C=O) groups is 1. The van der Waals surface area contributed by atoms with E-state index in [1.54, 1.807) is 0 Å². The Morgan fingerprint density at radius 2 is 2.00 bits per heavy atom. The molecule has 0 spiro atoms. The fourth-order valence-corrected chi connectivity index (χ4v) is 2.43. The monoisotopic (exact) mass is 268 g/mol. The number of carbonyl (C=O) groups excluding carboxylic acids is 1. The second kappa shape index (κ2) is 8.13. The van der Waals surface area contributed by atoms with Crippen molar-refractivity contribution in [3.05, 3.63) is 35.4 Å². The summed E-state index contributed by atoms with van der Waals surface area (Å²) in [7, 11) is 0. The van der Waals surface area contributed by atoms with Gasteiger partial charge in [-0.15, -0.1) is 0 Å². The Balaban J connectivity index is 2.42. The number of rotatable bonds is 7. The van der Waals surface area contributed by atoms with Crippen LogP contribution in [-0.2, 0) is 17.0 Å². The molecule has 1 atom stereocenters. The molecule has 0 aliphatic heterocycles. The van der Waals surface area contributed by atoms with Gasteiger partial charge in [-0.05, 0) is 17.5 Å². The van der Waals surface area contributed by atoms with Crippen molar-refractivity contribution in [3.8, 4) is 0 Å². The molecule has 4 N–H and O–H groups in total. The topological polar surface area (TPSA) is 75.3 Å². The summed E-state index contributed by atoms with van der Waals surface area (Å²) in [5, 5.41) is 9.27. The molecule has 1 unspecified atom stereocenters. The maximum absolute atomic E-state index is 11.1. The van der Waals surface area contributed by atoms with Gasteiger partial charge in [-0.3, -0.25) is 10.2 Å². The van der Waals surface area contributed by atoms with Gasteiger partial charge >= 0.3 is 0 Å². The smallest absolute Gasteiger partial charge is 0.238 e. The lowest BCUT2D eigenvalue weighted by atomic mass is 10.1. The zero-order valence-electron chi connectivity index (χ0n) is 10.6. The molecule has 0 saturated carbocycles. The van der Waals surface area contributed by atoms with Gasteiger partial charge < -0.3 is 5.11 Å². The number of hydrogen-bond acceptors (Lipinski definition) is 4. The standard InChI is InChI=1S/C13H20N2O2S/c1-10(6-7-16)18-9-12-4-2-11(3-5-12)8-13(17)15-14/h2-5,10,16H,6-9,14H2,1H3,(H,15,17). The summed E-state index contributed by atoms with van der Waals surface area (Å²) in [5.41, 5.74) is 4.29. The summed E-state index contributed by atoms with van der Waals surface area (Å²) in [6.07, 6.45) is 1.13. The molecule has 0 aliphatic carbocycles. The van der Waals surface area contributed by atoms with E-state index in [0.717, 1.165) is 17.7 Å². The molecule has 1 rings (SSSR count). The highest BCUT2D eigenvalue weighted by atomic mass is 32.2. The maximum atomic E-state index is 11.1. The molecule has 4 nitrogen and oxygen atoms in total. The SMILES string of the molecule is CC(CCO)SCc1ccc(CC(=O)NN)cc1. The Labute approximate surface area is 112 Å². The average Bonchev–Trinajstić information content (AvgIpc) is 2.38. The van der Waals surface area contributed by atoms with Crippen molar-refractivity contribution >= 4 is 17.7 Å². The predicted molar refractivity (Wildman–Crippen MR) is 74.9 cm³/mol. The number of nitrogens with one attached hydrogen (secondary N) is 1. The van der Waals surface area contributed by atoms with Gasteiger partial charge in [0.2, 0.25) is 5.91 Å². The highest BCUT2D eigenvalue weighted by Gasteiger charge is 2.04. The van der Waals surface area contributed by atoms with Gasteiger partial charge in [0.25, 0.3) is 0 Å². The third-order valence-electron chi connectivity index (χ3n) is 2.62. The largest absolute Gasteiger partial charge is 0.396 e. The number of hydrogen-bond donors (Lipinski definition) is 3. The number of nitrogens with two attached hydrogens (primary N) is 1. The number of aliphatic hydroxyl groups is 1. The Bertz CT molecular complexity index is 368. The summed E-state index contributed by atoms with van der Waals surface area (Å²) in [5.74, 6) is 5.77.